The average molecular weight is 281 g/mol. The number of anilines is 1. The third-order valence-corrected chi connectivity index (χ3v) is 3.20. The van der Waals surface area contributed by atoms with E-state index in [9.17, 15) is 4.79 Å². The molecule has 1 saturated heterocycles. The second kappa shape index (κ2) is 6.58. The molecule has 0 bridgehead atoms. The standard InChI is InChI=1S/C14H19NO5/c1-18-14(17)12-3-2-4-13(20-12)19-11-6-5-9(8-16)7-10(11)15/h5-7,12-13,16H,2-4,8,15H2,1H3/t12-,13+/m0/s1. The van der Waals surface area contributed by atoms with Gasteiger partial charge in [0.15, 0.2) is 6.10 Å². The Balaban J connectivity index is 2.00. The number of aliphatic hydroxyl groups is 1. The summed E-state index contributed by atoms with van der Waals surface area (Å²) in [6.45, 7) is -0.0746. The highest BCUT2D eigenvalue weighted by Crippen LogP contribution is 2.28. The first kappa shape index (κ1) is 14.6. The highest BCUT2D eigenvalue weighted by atomic mass is 16.7. The Morgan fingerprint density at radius 2 is 2.30 bits per heavy atom. The van der Waals surface area contributed by atoms with E-state index in [0.29, 0.717) is 29.8 Å². The summed E-state index contributed by atoms with van der Waals surface area (Å²) in [7, 11) is 1.34. The molecule has 0 aromatic heterocycles. The fourth-order valence-electron chi connectivity index (χ4n) is 2.13. The molecule has 6 heteroatoms. The molecule has 2 atom stereocenters. The molecule has 1 heterocycles. The van der Waals surface area contributed by atoms with Gasteiger partial charge in [0, 0.05) is 6.42 Å². The summed E-state index contributed by atoms with van der Waals surface area (Å²) in [6.07, 6.45) is 1.03. The van der Waals surface area contributed by atoms with Crippen molar-refractivity contribution in [2.75, 3.05) is 12.8 Å². The van der Waals surface area contributed by atoms with Crippen LogP contribution in [-0.4, -0.2) is 30.6 Å². The van der Waals surface area contributed by atoms with E-state index < -0.39 is 12.4 Å². The van der Waals surface area contributed by atoms with Crippen molar-refractivity contribution in [3.05, 3.63) is 23.8 Å². The molecule has 0 spiro atoms. The molecule has 0 amide bonds. The second-order valence-electron chi connectivity index (χ2n) is 4.66. The Kier molecular flexibility index (Phi) is 4.81. The van der Waals surface area contributed by atoms with Crippen LogP contribution < -0.4 is 10.5 Å². The van der Waals surface area contributed by atoms with Gasteiger partial charge in [-0.3, -0.25) is 0 Å². The summed E-state index contributed by atoms with van der Waals surface area (Å²) in [5, 5.41) is 9.02. The van der Waals surface area contributed by atoms with Gasteiger partial charge in [0.1, 0.15) is 5.75 Å². The predicted octanol–water partition coefficient (Wildman–Crippen LogP) is 1.21. The molecule has 1 aromatic rings. The van der Waals surface area contributed by atoms with Crippen molar-refractivity contribution in [3.63, 3.8) is 0 Å². The zero-order chi connectivity index (χ0) is 14.5. The molecule has 6 nitrogen and oxygen atoms in total. The van der Waals surface area contributed by atoms with Crippen LogP contribution in [-0.2, 0) is 20.9 Å². The number of carbonyl (C=O) groups excluding carboxylic acids is 1. The second-order valence-corrected chi connectivity index (χ2v) is 4.66. The summed E-state index contributed by atoms with van der Waals surface area (Å²) in [4.78, 5) is 11.5. The molecule has 1 fully saturated rings. The van der Waals surface area contributed by atoms with E-state index in [0.717, 1.165) is 6.42 Å². The minimum atomic E-state index is -0.586. The van der Waals surface area contributed by atoms with Gasteiger partial charge >= 0.3 is 5.97 Å². The Labute approximate surface area is 117 Å². The third kappa shape index (κ3) is 3.40. The zero-order valence-electron chi connectivity index (χ0n) is 11.4. The van der Waals surface area contributed by atoms with Crippen LogP contribution >= 0.6 is 0 Å². The number of carbonyl (C=O) groups is 1. The van der Waals surface area contributed by atoms with Crippen molar-refractivity contribution < 1.29 is 24.1 Å². The first-order valence-corrected chi connectivity index (χ1v) is 6.53. The SMILES string of the molecule is COC(=O)[C@@H]1CCC[C@H](Oc2ccc(CO)cc2N)O1. The van der Waals surface area contributed by atoms with E-state index in [4.69, 9.17) is 20.3 Å². The number of hydrogen-bond donors (Lipinski definition) is 2. The van der Waals surface area contributed by atoms with E-state index in [1.807, 2.05) is 0 Å². The van der Waals surface area contributed by atoms with Crippen molar-refractivity contribution in [1.29, 1.82) is 0 Å². The number of ether oxygens (including phenoxy) is 3. The fourth-order valence-corrected chi connectivity index (χ4v) is 2.13. The Bertz CT molecular complexity index is 477. The molecular formula is C14H19NO5. The molecule has 3 N–H and O–H groups in total. The number of rotatable bonds is 4. The minimum Gasteiger partial charge on any atom is -0.467 e. The van der Waals surface area contributed by atoms with Crippen molar-refractivity contribution in [3.8, 4) is 5.75 Å². The van der Waals surface area contributed by atoms with Crippen LogP contribution in [0.15, 0.2) is 18.2 Å². The van der Waals surface area contributed by atoms with Gasteiger partial charge < -0.3 is 25.1 Å². The van der Waals surface area contributed by atoms with Crippen LogP contribution in [0.1, 0.15) is 24.8 Å². The lowest BCUT2D eigenvalue weighted by Crippen LogP contribution is -2.37. The van der Waals surface area contributed by atoms with Crippen LogP contribution in [0.2, 0.25) is 0 Å². The van der Waals surface area contributed by atoms with Crippen LogP contribution in [0.5, 0.6) is 5.75 Å². The first-order chi connectivity index (χ1) is 9.63. The van der Waals surface area contributed by atoms with Crippen molar-refractivity contribution >= 4 is 11.7 Å². The maximum absolute atomic E-state index is 11.5. The number of aliphatic hydroxyl groups excluding tert-OH is 1. The molecule has 0 saturated carbocycles. The number of methoxy groups -OCH3 is 1. The summed E-state index contributed by atoms with van der Waals surface area (Å²) >= 11 is 0. The molecule has 20 heavy (non-hydrogen) atoms. The van der Waals surface area contributed by atoms with Gasteiger partial charge in [-0.25, -0.2) is 4.79 Å². The van der Waals surface area contributed by atoms with Gasteiger partial charge in [0.05, 0.1) is 19.4 Å². The van der Waals surface area contributed by atoms with E-state index in [2.05, 4.69) is 4.74 Å². The quantitative estimate of drug-likeness (QED) is 0.636. The van der Waals surface area contributed by atoms with Crippen molar-refractivity contribution in [1.82, 2.24) is 0 Å². The summed E-state index contributed by atoms with van der Waals surface area (Å²) in [6, 6.07) is 5.06. The van der Waals surface area contributed by atoms with Gasteiger partial charge in [-0.1, -0.05) is 6.07 Å². The Morgan fingerprint density at radius 3 is 2.95 bits per heavy atom. The van der Waals surface area contributed by atoms with Crippen LogP contribution in [0.4, 0.5) is 5.69 Å². The van der Waals surface area contributed by atoms with Gasteiger partial charge in [-0.15, -0.1) is 0 Å². The molecule has 1 aliphatic rings. The minimum absolute atomic E-state index is 0.0746. The number of nitrogens with two attached hydrogens (primary N) is 1. The largest absolute Gasteiger partial charge is 0.467 e. The third-order valence-electron chi connectivity index (χ3n) is 3.20. The van der Waals surface area contributed by atoms with E-state index in [-0.39, 0.29) is 12.6 Å². The molecular weight excluding hydrogens is 262 g/mol. The number of hydrogen-bond acceptors (Lipinski definition) is 6. The van der Waals surface area contributed by atoms with E-state index in [1.54, 1.807) is 18.2 Å². The Morgan fingerprint density at radius 1 is 1.50 bits per heavy atom. The predicted molar refractivity (Wildman–Crippen MR) is 71.9 cm³/mol. The van der Waals surface area contributed by atoms with E-state index >= 15 is 0 Å². The zero-order valence-corrected chi connectivity index (χ0v) is 11.4. The lowest BCUT2D eigenvalue weighted by Gasteiger charge is -2.29. The highest BCUT2D eigenvalue weighted by molar-refractivity contribution is 5.74. The first-order valence-electron chi connectivity index (χ1n) is 6.53. The smallest absolute Gasteiger partial charge is 0.335 e. The van der Waals surface area contributed by atoms with Gasteiger partial charge in [0.25, 0.3) is 0 Å². The van der Waals surface area contributed by atoms with Crippen molar-refractivity contribution in [2.24, 2.45) is 0 Å². The topological polar surface area (TPSA) is 91.0 Å². The molecule has 0 radical (unpaired) electrons. The number of esters is 1. The van der Waals surface area contributed by atoms with Gasteiger partial charge in [0.2, 0.25) is 6.29 Å². The highest BCUT2D eigenvalue weighted by Gasteiger charge is 2.29. The molecule has 2 rings (SSSR count). The summed E-state index contributed by atoms with van der Waals surface area (Å²) in [5.41, 5.74) is 7.00. The monoisotopic (exact) mass is 281 g/mol. The van der Waals surface area contributed by atoms with E-state index in [1.165, 1.54) is 7.11 Å². The molecule has 0 aliphatic carbocycles. The summed E-state index contributed by atoms with van der Waals surface area (Å²) < 4.78 is 15.9. The normalized spacial score (nSPS) is 22.3. The lowest BCUT2D eigenvalue weighted by atomic mass is 10.1. The van der Waals surface area contributed by atoms with Gasteiger partial charge in [-0.2, -0.15) is 0 Å². The molecule has 1 aromatic carbocycles. The molecule has 110 valence electrons. The van der Waals surface area contributed by atoms with Crippen LogP contribution in [0.25, 0.3) is 0 Å². The average Bonchev–Trinajstić information content (AvgIpc) is 2.48. The van der Waals surface area contributed by atoms with Crippen LogP contribution in [0.3, 0.4) is 0 Å². The van der Waals surface area contributed by atoms with Gasteiger partial charge in [-0.05, 0) is 30.5 Å². The molecule has 1 aliphatic heterocycles. The lowest BCUT2D eigenvalue weighted by molar-refractivity contribution is -0.183. The number of benzene rings is 1. The fraction of sp³-hybridized carbons (Fsp3) is 0.500. The van der Waals surface area contributed by atoms with Crippen LogP contribution in [0, 0.1) is 0 Å². The van der Waals surface area contributed by atoms with Crippen molar-refractivity contribution in [2.45, 2.75) is 38.3 Å². The molecule has 0 unspecified atom stereocenters. The maximum atomic E-state index is 11.5. The Hall–Kier alpha value is -1.79. The number of nitrogen functional groups attached to an aromatic ring is 1. The summed E-state index contributed by atoms with van der Waals surface area (Å²) in [5.74, 6) is 0.0969. The maximum Gasteiger partial charge on any atom is 0.335 e.